The van der Waals surface area contributed by atoms with Crippen LogP contribution in [0.1, 0.15) is 44.1 Å². The van der Waals surface area contributed by atoms with Crippen LogP contribution in [-0.2, 0) is 0 Å². The summed E-state index contributed by atoms with van der Waals surface area (Å²) < 4.78 is 23.2. The third kappa shape index (κ3) is 4.60. The molecule has 2 N–H and O–H groups in total. The molecule has 6 heterocycles. The fourth-order valence-corrected chi connectivity index (χ4v) is 7.92. The molecule has 43 heavy (non-hydrogen) atoms. The van der Waals surface area contributed by atoms with Gasteiger partial charge in [0.05, 0.1) is 10.9 Å². The topological polar surface area (TPSA) is 86.6 Å². The highest BCUT2D eigenvalue weighted by molar-refractivity contribution is 6.02. The van der Waals surface area contributed by atoms with E-state index in [-0.39, 0.29) is 29.4 Å². The van der Waals surface area contributed by atoms with E-state index in [0.29, 0.717) is 41.0 Å². The quantitative estimate of drug-likeness (QED) is 0.340. The summed E-state index contributed by atoms with van der Waals surface area (Å²) in [5, 5.41) is 15.3. The number of nitrogens with zero attached hydrogens (tertiary/aromatic N) is 5. The Balaban J connectivity index is 1.26. The van der Waals surface area contributed by atoms with Crippen molar-refractivity contribution >= 4 is 27.5 Å². The number of fused-ring (bicyclic) bond motifs is 5. The lowest BCUT2D eigenvalue weighted by atomic mass is 9.95. The Morgan fingerprint density at radius 1 is 1.05 bits per heavy atom. The molecule has 220 valence electrons. The number of piperazine rings is 1. The number of rotatable bonds is 5. The van der Waals surface area contributed by atoms with Gasteiger partial charge in [-0.2, -0.15) is 9.97 Å². The third-order valence-corrected chi connectivity index (χ3v) is 9.90. The minimum Gasteiger partial charge on any atom is -0.461 e. The summed E-state index contributed by atoms with van der Waals surface area (Å²) >= 11 is 0. The van der Waals surface area contributed by atoms with E-state index < -0.39 is 5.82 Å². The van der Waals surface area contributed by atoms with Gasteiger partial charge in [0.2, 0.25) is 0 Å². The molecule has 4 fully saturated rings. The van der Waals surface area contributed by atoms with Crippen LogP contribution in [0.25, 0.3) is 32.9 Å². The van der Waals surface area contributed by atoms with Crippen molar-refractivity contribution in [3.05, 3.63) is 54.0 Å². The van der Waals surface area contributed by atoms with Crippen LogP contribution in [0, 0.1) is 17.7 Å². The number of nitrogens with one attached hydrogen (secondary N) is 1. The van der Waals surface area contributed by atoms with E-state index in [4.69, 9.17) is 19.7 Å². The zero-order chi connectivity index (χ0) is 29.0. The monoisotopic (exact) mass is 578 g/mol. The van der Waals surface area contributed by atoms with E-state index in [0.717, 1.165) is 62.6 Å². The molecule has 9 heteroatoms. The molecule has 0 radical (unpaired) electrons. The molecule has 2 atom stereocenters. The van der Waals surface area contributed by atoms with Crippen molar-refractivity contribution in [1.82, 2.24) is 25.2 Å². The number of hydrogen-bond acceptors (Lipinski definition) is 8. The molecular weight excluding hydrogens is 543 g/mol. The Hall–Kier alpha value is -3.84. The number of ether oxygens (including phenoxy) is 1. The molecule has 0 aliphatic carbocycles. The van der Waals surface area contributed by atoms with Gasteiger partial charge in [-0.1, -0.05) is 42.2 Å². The molecule has 2 unspecified atom stereocenters. The largest absolute Gasteiger partial charge is 0.461 e. The molecule has 0 spiro atoms. The fraction of sp³-hybridized carbons (Fsp3) is 0.441. The first-order valence-corrected chi connectivity index (χ1v) is 15.5. The number of aromatic nitrogens is 3. The average Bonchev–Trinajstić information content (AvgIpc) is 3.72. The van der Waals surface area contributed by atoms with E-state index in [9.17, 15) is 5.11 Å². The van der Waals surface area contributed by atoms with Gasteiger partial charge in [0.25, 0.3) is 0 Å². The van der Waals surface area contributed by atoms with Gasteiger partial charge in [-0.05, 0) is 63.1 Å². The molecule has 0 saturated carbocycles. The Labute approximate surface area is 250 Å². The smallest absolute Gasteiger partial charge is 0.319 e. The van der Waals surface area contributed by atoms with Crippen LogP contribution < -0.4 is 15.0 Å². The van der Waals surface area contributed by atoms with Gasteiger partial charge in [0.1, 0.15) is 30.2 Å². The summed E-state index contributed by atoms with van der Waals surface area (Å²) in [5.74, 6) is 5.96. The molecule has 4 aliphatic rings. The predicted octanol–water partition coefficient (Wildman–Crippen LogP) is 4.28. The highest BCUT2D eigenvalue weighted by Crippen LogP contribution is 2.40. The second-order valence-electron chi connectivity index (χ2n) is 12.4. The number of halogens is 1. The number of aliphatic hydroxyl groups excluding tert-OH is 1. The van der Waals surface area contributed by atoms with Crippen LogP contribution in [0.3, 0.4) is 0 Å². The summed E-state index contributed by atoms with van der Waals surface area (Å²) in [6.07, 6.45) is 8.55. The lowest BCUT2D eigenvalue weighted by Crippen LogP contribution is -2.51. The zero-order valence-corrected chi connectivity index (χ0v) is 24.2. The summed E-state index contributed by atoms with van der Waals surface area (Å²) in [6.45, 7) is 4.09. The fourth-order valence-electron chi connectivity index (χ4n) is 7.92. The highest BCUT2D eigenvalue weighted by Gasteiger charge is 2.45. The number of pyridine rings is 1. The normalized spacial score (nSPS) is 22.6. The molecule has 8 rings (SSSR count). The van der Waals surface area contributed by atoms with Gasteiger partial charge in [0.15, 0.2) is 5.82 Å². The molecule has 2 bridgehead atoms. The first kappa shape index (κ1) is 26.8. The van der Waals surface area contributed by atoms with Crippen molar-refractivity contribution in [3.63, 3.8) is 0 Å². The van der Waals surface area contributed by atoms with Gasteiger partial charge in [-0.15, -0.1) is 0 Å². The van der Waals surface area contributed by atoms with Gasteiger partial charge >= 0.3 is 6.01 Å². The van der Waals surface area contributed by atoms with Crippen LogP contribution in [0.4, 0.5) is 10.2 Å². The SMILES string of the molecule is OCC#Cc1cccc2cccc(-c3ncc4c(N5CC6CCC(C5)N6)nc(OCC56CCCN5CCC6)nc4c3F)c12. The van der Waals surface area contributed by atoms with Gasteiger partial charge < -0.3 is 20.1 Å². The summed E-state index contributed by atoms with van der Waals surface area (Å²) in [7, 11) is 0. The van der Waals surface area contributed by atoms with E-state index in [2.05, 4.69) is 27.0 Å². The van der Waals surface area contributed by atoms with Crippen molar-refractivity contribution in [2.24, 2.45) is 0 Å². The maximum atomic E-state index is 16.8. The Morgan fingerprint density at radius 2 is 1.81 bits per heavy atom. The highest BCUT2D eigenvalue weighted by atomic mass is 19.1. The average molecular weight is 579 g/mol. The van der Waals surface area contributed by atoms with E-state index in [1.54, 1.807) is 6.20 Å². The van der Waals surface area contributed by atoms with Crippen molar-refractivity contribution in [2.45, 2.75) is 56.1 Å². The minimum atomic E-state index is -0.497. The van der Waals surface area contributed by atoms with E-state index >= 15 is 4.39 Å². The molecule has 0 amide bonds. The zero-order valence-electron chi connectivity index (χ0n) is 24.2. The number of hydrogen-bond donors (Lipinski definition) is 2. The first-order chi connectivity index (χ1) is 21.1. The van der Waals surface area contributed by atoms with Crippen molar-refractivity contribution in [2.75, 3.05) is 44.3 Å². The van der Waals surface area contributed by atoms with Crippen molar-refractivity contribution in [3.8, 4) is 29.1 Å². The lowest BCUT2D eigenvalue weighted by molar-refractivity contribution is 0.108. The van der Waals surface area contributed by atoms with Crippen LogP contribution in [-0.4, -0.2) is 82.0 Å². The Bertz CT molecular complexity index is 1760. The maximum absolute atomic E-state index is 16.8. The first-order valence-electron chi connectivity index (χ1n) is 15.5. The van der Waals surface area contributed by atoms with E-state index in [1.807, 2.05) is 36.4 Å². The van der Waals surface area contributed by atoms with Crippen LogP contribution in [0.2, 0.25) is 0 Å². The number of aliphatic hydroxyl groups is 1. The predicted molar refractivity (Wildman–Crippen MR) is 165 cm³/mol. The molecule has 4 aromatic rings. The maximum Gasteiger partial charge on any atom is 0.319 e. The summed E-state index contributed by atoms with van der Waals surface area (Å²) in [6, 6.07) is 12.5. The summed E-state index contributed by atoms with van der Waals surface area (Å²) in [5.41, 5.74) is 1.81. The minimum absolute atomic E-state index is 0.0313. The Morgan fingerprint density at radius 3 is 2.58 bits per heavy atom. The van der Waals surface area contributed by atoms with Gasteiger partial charge in [0, 0.05) is 47.9 Å². The van der Waals surface area contributed by atoms with Gasteiger partial charge in [-0.25, -0.2) is 4.39 Å². The van der Waals surface area contributed by atoms with Crippen LogP contribution >= 0.6 is 0 Å². The standard InChI is InChI=1S/C34H35FN6O2/c35-29-30(26-10-2-8-22-6-1-7-23(28(22)26)9-3-17-42)36-18-27-31(29)38-33(43-21-34-13-4-15-41(34)16-5-14-34)39-32(27)40-19-24-11-12-25(20-40)37-24/h1-2,6-8,10,18,24-25,37,42H,4-5,11-17,19-21H2. The number of anilines is 1. The molecular formula is C34H35FN6O2. The summed E-state index contributed by atoms with van der Waals surface area (Å²) in [4.78, 5) is 19.2. The molecule has 2 aromatic heterocycles. The molecule has 8 nitrogen and oxygen atoms in total. The second-order valence-corrected chi connectivity index (χ2v) is 12.4. The van der Waals surface area contributed by atoms with Gasteiger partial charge in [-0.3, -0.25) is 9.88 Å². The number of benzene rings is 2. The Kier molecular flexibility index (Phi) is 6.66. The lowest BCUT2D eigenvalue weighted by Gasteiger charge is -2.34. The van der Waals surface area contributed by atoms with Crippen LogP contribution in [0.5, 0.6) is 6.01 Å². The van der Waals surface area contributed by atoms with E-state index in [1.165, 1.54) is 12.8 Å². The second kappa shape index (κ2) is 10.7. The van der Waals surface area contributed by atoms with Crippen LogP contribution in [0.15, 0.2) is 42.6 Å². The van der Waals surface area contributed by atoms with Crippen molar-refractivity contribution in [1.29, 1.82) is 0 Å². The molecule has 4 aliphatic heterocycles. The third-order valence-electron chi connectivity index (χ3n) is 9.90. The molecule has 2 aromatic carbocycles. The van der Waals surface area contributed by atoms with Crippen molar-refractivity contribution < 1.29 is 14.2 Å². The molecule has 4 saturated heterocycles.